The summed E-state index contributed by atoms with van der Waals surface area (Å²) in [7, 11) is 1.48. The maximum absolute atomic E-state index is 13.7. The average molecular weight is 338 g/mol. The number of nitrogens with one attached hydrogen (secondary N) is 1. The molecule has 0 unspecified atom stereocenters. The summed E-state index contributed by atoms with van der Waals surface area (Å²) in [5.41, 5.74) is 1.39. The van der Waals surface area contributed by atoms with Crippen molar-refractivity contribution in [2.75, 3.05) is 12.4 Å². The number of methoxy groups -OCH3 is 1. The number of hydrogen-bond donors (Lipinski definition) is 1. The lowest BCUT2D eigenvalue weighted by Crippen LogP contribution is -2.14. The van der Waals surface area contributed by atoms with Crippen molar-refractivity contribution < 1.29 is 13.9 Å². The second-order valence-corrected chi connectivity index (χ2v) is 5.17. The summed E-state index contributed by atoms with van der Waals surface area (Å²) in [4.78, 5) is 12.2. The van der Waals surface area contributed by atoms with Crippen LogP contribution in [0, 0.1) is 12.7 Å². The van der Waals surface area contributed by atoms with Gasteiger partial charge in [-0.05, 0) is 36.8 Å². The molecule has 1 amide bonds. The Kier molecular flexibility index (Phi) is 4.39. The van der Waals surface area contributed by atoms with Crippen molar-refractivity contribution in [2.24, 2.45) is 0 Å². The highest BCUT2D eigenvalue weighted by Gasteiger charge is 2.13. The summed E-state index contributed by atoms with van der Waals surface area (Å²) in [6, 6.07) is 9.56. The number of hydrogen-bond acceptors (Lipinski definition) is 2. The molecule has 0 fully saturated rings. The minimum absolute atomic E-state index is 0.0914. The van der Waals surface area contributed by atoms with Crippen LogP contribution in [0.1, 0.15) is 15.9 Å². The molecule has 20 heavy (non-hydrogen) atoms. The van der Waals surface area contributed by atoms with Crippen molar-refractivity contribution in [2.45, 2.75) is 6.92 Å². The molecule has 0 saturated carbocycles. The van der Waals surface area contributed by atoms with Crippen LogP contribution in [0.25, 0.3) is 0 Å². The topological polar surface area (TPSA) is 38.3 Å². The summed E-state index contributed by atoms with van der Waals surface area (Å²) in [5.74, 6) is -0.393. The first-order chi connectivity index (χ1) is 9.51. The van der Waals surface area contributed by atoms with Gasteiger partial charge in [0, 0.05) is 16.1 Å². The van der Waals surface area contributed by atoms with Gasteiger partial charge >= 0.3 is 0 Å². The molecule has 0 atom stereocenters. The first-order valence-corrected chi connectivity index (χ1v) is 6.71. The highest BCUT2D eigenvalue weighted by Crippen LogP contribution is 2.23. The van der Waals surface area contributed by atoms with Crippen molar-refractivity contribution >= 4 is 27.5 Å². The van der Waals surface area contributed by atoms with E-state index in [1.165, 1.54) is 25.3 Å². The molecule has 104 valence electrons. The highest BCUT2D eigenvalue weighted by atomic mass is 79.9. The van der Waals surface area contributed by atoms with Crippen LogP contribution in [-0.2, 0) is 0 Å². The zero-order valence-corrected chi connectivity index (χ0v) is 12.6. The molecular weight excluding hydrogens is 325 g/mol. The summed E-state index contributed by atoms with van der Waals surface area (Å²) < 4.78 is 19.5. The van der Waals surface area contributed by atoms with Crippen molar-refractivity contribution in [3.05, 3.63) is 57.8 Å². The van der Waals surface area contributed by atoms with Gasteiger partial charge in [-0.15, -0.1) is 0 Å². The zero-order valence-electron chi connectivity index (χ0n) is 11.0. The number of amides is 1. The fraction of sp³-hybridized carbons (Fsp3) is 0.133. The van der Waals surface area contributed by atoms with E-state index in [9.17, 15) is 9.18 Å². The Morgan fingerprint density at radius 2 is 2.00 bits per heavy atom. The SMILES string of the molecule is COc1ccc(F)c(NC(=O)c2cc(Br)ccc2C)c1. The van der Waals surface area contributed by atoms with Gasteiger partial charge in [0.25, 0.3) is 5.91 Å². The number of anilines is 1. The quantitative estimate of drug-likeness (QED) is 0.913. The molecule has 0 aromatic heterocycles. The van der Waals surface area contributed by atoms with E-state index in [4.69, 9.17) is 4.74 Å². The molecule has 2 rings (SSSR count). The first-order valence-electron chi connectivity index (χ1n) is 5.92. The fourth-order valence-corrected chi connectivity index (χ4v) is 2.12. The predicted molar refractivity (Wildman–Crippen MR) is 79.8 cm³/mol. The van der Waals surface area contributed by atoms with Crippen LogP contribution in [0.15, 0.2) is 40.9 Å². The van der Waals surface area contributed by atoms with E-state index in [2.05, 4.69) is 21.2 Å². The van der Waals surface area contributed by atoms with E-state index in [0.29, 0.717) is 11.3 Å². The van der Waals surface area contributed by atoms with E-state index in [1.807, 2.05) is 19.1 Å². The first kappa shape index (κ1) is 14.5. The van der Waals surface area contributed by atoms with Crippen LogP contribution < -0.4 is 10.1 Å². The van der Waals surface area contributed by atoms with Crippen LogP contribution in [-0.4, -0.2) is 13.0 Å². The van der Waals surface area contributed by atoms with Crippen LogP contribution in [0.2, 0.25) is 0 Å². The molecule has 3 nitrogen and oxygen atoms in total. The molecular formula is C15H13BrFNO2. The van der Waals surface area contributed by atoms with Crippen LogP contribution in [0.3, 0.4) is 0 Å². The molecule has 0 bridgehead atoms. The Labute approximate surface area is 124 Å². The number of rotatable bonds is 3. The third kappa shape index (κ3) is 3.17. The van der Waals surface area contributed by atoms with Crippen LogP contribution >= 0.6 is 15.9 Å². The van der Waals surface area contributed by atoms with Crippen LogP contribution in [0.4, 0.5) is 10.1 Å². The van der Waals surface area contributed by atoms with E-state index in [-0.39, 0.29) is 11.6 Å². The summed E-state index contributed by atoms with van der Waals surface area (Å²) in [6.45, 7) is 1.82. The molecule has 0 aliphatic rings. The fourth-order valence-electron chi connectivity index (χ4n) is 1.76. The lowest BCUT2D eigenvalue weighted by atomic mass is 10.1. The van der Waals surface area contributed by atoms with Gasteiger partial charge < -0.3 is 10.1 Å². The average Bonchev–Trinajstić information content (AvgIpc) is 2.43. The van der Waals surface area contributed by atoms with Gasteiger partial charge in [-0.2, -0.15) is 0 Å². The summed E-state index contributed by atoms with van der Waals surface area (Å²) >= 11 is 3.31. The number of halogens is 2. The van der Waals surface area contributed by atoms with E-state index < -0.39 is 5.82 Å². The maximum Gasteiger partial charge on any atom is 0.256 e. The lowest BCUT2D eigenvalue weighted by Gasteiger charge is -2.10. The van der Waals surface area contributed by atoms with E-state index >= 15 is 0 Å². The Hall–Kier alpha value is -1.88. The van der Waals surface area contributed by atoms with Gasteiger partial charge in [0.2, 0.25) is 0 Å². The summed E-state index contributed by atoms with van der Waals surface area (Å²) in [6.07, 6.45) is 0. The largest absolute Gasteiger partial charge is 0.497 e. The molecule has 1 N–H and O–H groups in total. The smallest absolute Gasteiger partial charge is 0.256 e. The van der Waals surface area contributed by atoms with Crippen molar-refractivity contribution in [3.63, 3.8) is 0 Å². The monoisotopic (exact) mass is 337 g/mol. The van der Waals surface area contributed by atoms with Crippen molar-refractivity contribution in [1.29, 1.82) is 0 Å². The molecule has 2 aromatic carbocycles. The molecule has 5 heteroatoms. The Morgan fingerprint density at radius 1 is 1.25 bits per heavy atom. The molecule has 0 spiro atoms. The molecule has 0 heterocycles. The van der Waals surface area contributed by atoms with Gasteiger partial charge in [-0.1, -0.05) is 22.0 Å². The number of benzene rings is 2. The second-order valence-electron chi connectivity index (χ2n) is 4.26. The highest BCUT2D eigenvalue weighted by molar-refractivity contribution is 9.10. The molecule has 2 aromatic rings. The normalized spacial score (nSPS) is 10.2. The predicted octanol–water partition coefficient (Wildman–Crippen LogP) is 4.16. The number of carbonyl (C=O) groups is 1. The Balaban J connectivity index is 2.30. The molecule has 0 saturated heterocycles. The van der Waals surface area contributed by atoms with Gasteiger partial charge in [0.1, 0.15) is 11.6 Å². The van der Waals surface area contributed by atoms with E-state index in [0.717, 1.165) is 10.0 Å². The lowest BCUT2D eigenvalue weighted by molar-refractivity contribution is 0.102. The standard InChI is InChI=1S/C15H13BrFNO2/c1-9-3-4-10(16)7-12(9)15(19)18-14-8-11(20-2)5-6-13(14)17/h3-8H,1-2H3,(H,18,19). The van der Waals surface area contributed by atoms with Crippen LogP contribution in [0.5, 0.6) is 5.75 Å². The van der Waals surface area contributed by atoms with Crippen molar-refractivity contribution in [3.8, 4) is 5.75 Å². The second kappa shape index (κ2) is 6.05. The number of aryl methyl sites for hydroxylation is 1. The van der Waals surface area contributed by atoms with Crippen molar-refractivity contribution in [1.82, 2.24) is 0 Å². The van der Waals surface area contributed by atoms with Gasteiger partial charge in [0.15, 0.2) is 0 Å². The molecule has 0 radical (unpaired) electrons. The minimum Gasteiger partial charge on any atom is -0.497 e. The third-order valence-electron chi connectivity index (χ3n) is 2.87. The van der Waals surface area contributed by atoms with E-state index in [1.54, 1.807) is 6.07 Å². The maximum atomic E-state index is 13.7. The van der Waals surface area contributed by atoms with Gasteiger partial charge in [-0.3, -0.25) is 4.79 Å². The Morgan fingerprint density at radius 3 is 2.70 bits per heavy atom. The van der Waals surface area contributed by atoms with Gasteiger partial charge in [0.05, 0.1) is 12.8 Å². The molecule has 0 aliphatic carbocycles. The minimum atomic E-state index is -0.508. The number of carbonyl (C=O) groups excluding carboxylic acids is 1. The third-order valence-corrected chi connectivity index (χ3v) is 3.36. The zero-order chi connectivity index (χ0) is 14.7. The summed E-state index contributed by atoms with van der Waals surface area (Å²) in [5, 5.41) is 2.55. The van der Waals surface area contributed by atoms with Gasteiger partial charge in [-0.25, -0.2) is 4.39 Å². The number of ether oxygens (including phenoxy) is 1. The molecule has 0 aliphatic heterocycles. The Bertz CT molecular complexity index is 658.